The second-order valence-corrected chi connectivity index (χ2v) is 3.15. The molecule has 0 fully saturated rings. The summed E-state index contributed by atoms with van der Waals surface area (Å²) in [6, 6.07) is 0. The molecular weight excluding hydrogens is 178 g/mol. The predicted octanol–water partition coefficient (Wildman–Crippen LogP) is 0.955. The number of imidazole rings is 1. The summed E-state index contributed by atoms with van der Waals surface area (Å²) in [4.78, 5) is 6.99. The highest BCUT2D eigenvalue weighted by Crippen LogP contribution is 2.24. The fourth-order valence-corrected chi connectivity index (χ4v) is 1.53. The fourth-order valence-electron chi connectivity index (χ4n) is 1.53. The van der Waals surface area contributed by atoms with E-state index < -0.39 is 0 Å². The van der Waals surface area contributed by atoms with Gasteiger partial charge in [0.2, 0.25) is 0 Å². The number of nitrogen functional groups attached to an aromatic ring is 1. The van der Waals surface area contributed by atoms with E-state index in [4.69, 9.17) is 5.73 Å². The van der Waals surface area contributed by atoms with Gasteiger partial charge in [0.1, 0.15) is 11.5 Å². The Kier molecular flexibility index (Phi) is 1.99. The minimum Gasteiger partial charge on any atom is -0.384 e. The van der Waals surface area contributed by atoms with E-state index in [2.05, 4.69) is 22.0 Å². The summed E-state index contributed by atoms with van der Waals surface area (Å²) >= 11 is 0. The van der Waals surface area contributed by atoms with Crippen LogP contribution in [0.5, 0.6) is 0 Å². The van der Waals surface area contributed by atoms with Gasteiger partial charge in [-0.3, -0.25) is 4.68 Å². The molecule has 74 valence electrons. The SMILES string of the molecule is CCc1c(-c2cnc[nH]2)nn(C)c1N. The lowest BCUT2D eigenvalue weighted by atomic mass is 10.1. The lowest BCUT2D eigenvalue weighted by Gasteiger charge is -1.96. The number of hydrogen-bond acceptors (Lipinski definition) is 3. The lowest BCUT2D eigenvalue weighted by molar-refractivity contribution is 0.781. The number of nitrogens with zero attached hydrogens (tertiary/aromatic N) is 3. The van der Waals surface area contributed by atoms with Gasteiger partial charge < -0.3 is 10.7 Å². The first-order valence-electron chi connectivity index (χ1n) is 4.54. The molecule has 0 radical (unpaired) electrons. The monoisotopic (exact) mass is 191 g/mol. The van der Waals surface area contributed by atoms with Crippen molar-refractivity contribution in [2.24, 2.45) is 7.05 Å². The van der Waals surface area contributed by atoms with Gasteiger partial charge in [-0.15, -0.1) is 0 Å². The lowest BCUT2D eigenvalue weighted by Crippen LogP contribution is -1.98. The van der Waals surface area contributed by atoms with Crippen molar-refractivity contribution < 1.29 is 0 Å². The number of rotatable bonds is 2. The summed E-state index contributed by atoms with van der Waals surface area (Å²) < 4.78 is 1.69. The number of nitrogens with one attached hydrogen (secondary N) is 1. The Morgan fingerprint density at radius 3 is 2.93 bits per heavy atom. The van der Waals surface area contributed by atoms with E-state index in [1.54, 1.807) is 17.2 Å². The number of aromatic amines is 1. The summed E-state index contributed by atoms with van der Waals surface area (Å²) in [7, 11) is 1.84. The first-order valence-corrected chi connectivity index (χ1v) is 4.54. The maximum atomic E-state index is 5.89. The average Bonchev–Trinajstić information content (AvgIpc) is 2.76. The molecule has 0 atom stereocenters. The Hall–Kier alpha value is -1.78. The normalized spacial score (nSPS) is 10.7. The summed E-state index contributed by atoms with van der Waals surface area (Å²) in [5, 5.41) is 4.34. The van der Waals surface area contributed by atoms with Gasteiger partial charge in [0.05, 0.1) is 18.2 Å². The van der Waals surface area contributed by atoms with Gasteiger partial charge in [-0.25, -0.2) is 4.98 Å². The third-order valence-corrected chi connectivity index (χ3v) is 2.30. The minimum atomic E-state index is 0.720. The van der Waals surface area contributed by atoms with Gasteiger partial charge in [0.15, 0.2) is 0 Å². The van der Waals surface area contributed by atoms with Crippen LogP contribution < -0.4 is 5.73 Å². The van der Waals surface area contributed by atoms with E-state index >= 15 is 0 Å². The molecule has 5 heteroatoms. The summed E-state index contributed by atoms with van der Waals surface area (Å²) in [5.74, 6) is 0.720. The van der Waals surface area contributed by atoms with Crippen LogP contribution in [0.25, 0.3) is 11.4 Å². The number of anilines is 1. The molecule has 0 spiro atoms. The first-order chi connectivity index (χ1) is 6.74. The third-order valence-electron chi connectivity index (χ3n) is 2.30. The molecule has 0 bridgehead atoms. The molecule has 0 aliphatic rings. The fraction of sp³-hybridized carbons (Fsp3) is 0.333. The topological polar surface area (TPSA) is 72.5 Å². The van der Waals surface area contributed by atoms with Gasteiger partial charge >= 0.3 is 0 Å². The number of aryl methyl sites for hydroxylation is 1. The first kappa shape index (κ1) is 8.80. The Morgan fingerprint density at radius 1 is 1.57 bits per heavy atom. The molecular formula is C9H13N5. The van der Waals surface area contributed by atoms with E-state index in [-0.39, 0.29) is 0 Å². The third kappa shape index (κ3) is 1.17. The van der Waals surface area contributed by atoms with Crippen molar-refractivity contribution in [3.8, 4) is 11.4 Å². The maximum absolute atomic E-state index is 5.89. The standard InChI is InChI=1S/C9H13N5/c1-3-6-8(7-4-11-5-12-7)13-14(2)9(6)10/h4-5H,3,10H2,1-2H3,(H,11,12). The van der Waals surface area contributed by atoms with Crippen molar-refractivity contribution in [2.45, 2.75) is 13.3 Å². The van der Waals surface area contributed by atoms with Crippen molar-refractivity contribution in [3.05, 3.63) is 18.1 Å². The Balaban J connectivity index is 2.59. The minimum absolute atomic E-state index is 0.720. The van der Waals surface area contributed by atoms with Crippen LogP contribution in [-0.2, 0) is 13.5 Å². The summed E-state index contributed by atoms with van der Waals surface area (Å²) in [5.41, 5.74) is 8.76. The molecule has 0 amide bonds. The largest absolute Gasteiger partial charge is 0.384 e. The number of aromatic nitrogens is 4. The van der Waals surface area contributed by atoms with Crippen molar-refractivity contribution >= 4 is 5.82 Å². The molecule has 0 saturated heterocycles. The molecule has 0 aromatic carbocycles. The van der Waals surface area contributed by atoms with Crippen LogP contribution in [0.4, 0.5) is 5.82 Å². The molecule has 0 saturated carbocycles. The summed E-state index contributed by atoms with van der Waals surface area (Å²) in [6.07, 6.45) is 4.26. The van der Waals surface area contributed by atoms with Gasteiger partial charge in [-0.2, -0.15) is 5.10 Å². The zero-order chi connectivity index (χ0) is 10.1. The van der Waals surface area contributed by atoms with Crippen LogP contribution in [0, 0.1) is 0 Å². The van der Waals surface area contributed by atoms with Gasteiger partial charge in [0.25, 0.3) is 0 Å². The molecule has 0 unspecified atom stereocenters. The van der Waals surface area contributed by atoms with E-state index in [9.17, 15) is 0 Å². The number of H-pyrrole nitrogens is 1. The van der Waals surface area contributed by atoms with Crippen LogP contribution >= 0.6 is 0 Å². The van der Waals surface area contributed by atoms with Crippen LogP contribution in [0.15, 0.2) is 12.5 Å². The maximum Gasteiger partial charge on any atom is 0.125 e. The van der Waals surface area contributed by atoms with Crippen LogP contribution in [0.3, 0.4) is 0 Å². The number of hydrogen-bond donors (Lipinski definition) is 2. The quantitative estimate of drug-likeness (QED) is 0.742. The van der Waals surface area contributed by atoms with E-state index in [0.717, 1.165) is 29.2 Å². The molecule has 3 N–H and O–H groups in total. The second-order valence-electron chi connectivity index (χ2n) is 3.15. The van der Waals surface area contributed by atoms with Crippen molar-refractivity contribution in [1.82, 2.24) is 19.7 Å². The molecule has 0 aliphatic heterocycles. The molecule has 2 heterocycles. The van der Waals surface area contributed by atoms with E-state index in [1.165, 1.54) is 0 Å². The van der Waals surface area contributed by atoms with E-state index in [1.807, 2.05) is 7.05 Å². The van der Waals surface area contributed by atoms with Gasteiger partial charge in [0, 0.05) is 12.6 Å². The molecule has 5 nitrogen and oxygen atoms in total. The Labute approximate surface area is 82.0 Å². The smallest absolute Gasteiger partial charge is 0.125 e. The predicted molar refractivity (Wildman–Crippen MR) is 54.6 cm³/mol. The van der Waals surface area contributed by atoms with Crippen LogP contribution in [0.2, 0.25) is 0 Å². The zero-order valence-electron chi connectivity index (χ0n) is 8.28. The average molecular weight is 191 g/mol. The van der Waals surface area contributed by atoms with Crippen molar-refractivity contribution in [3.63, 3.8) is 0 Å². The van der Waals surface area contributed by atoms with Gasteiger partial charge in [-0.05, 0) is 6.42 Å². The van der Waals surface area contributed by atoms with E-state index in [0.29, 0.717) is 0 Å². The Morgan fingerprint density at radius 2 is 2.36 bits per heavy atom. The van der Waals surface area contributed by atoms with Crippen LogP contribution in [-0.4, -0.2) is 19.7 Å². The van der Waals surface area contributed by atoms with Crippen molar-refractivity contribution in [1.29, 1.82) is 0 Å². The highest BCUT2D eigenvalue weighted by molar-refractivity contribution is 5.64. The molecule has 2 rings (SSSR count). The highest BCUT2D eigenvalue weighted by atomic mass is 15.3. The molecule has 2 aromatic heterocycles. The second kappa shape index (κ2) is 3.17. The Bertz CT molecular complexity index is 426. The number of nitrogens with two attached hydrogens (primary N) is 1. The zero-order valence-corrected chi connectivity index (χ0v) is 8.28. The molecule has 14 heavy (non-hydrogen) atoms. The highest BCUT2D eigenvalue weighted by Gasteiger charge is 2.14. The van der Waals surface area contributed by atoms with Gasteiger partial charge in [-0.1, -0.05) is 6.92 Å². The van der Waals surface area contributed by atoms with Crippen LogP contribution in [0.1, 0.15) is 12.5 Å². The summed E-state index contributed by atoms with van der Waals surface area (Å²) in [6.45, 7) is 2.06. The van der Waals surface area contributed by atoms with Crippen molar-refractivity contribution in [2.75, 3.05) is 5.73 Å². The molecule has 2 aromatic rings. The molecule has 0 aliphatic carbocycles.